The molecule has 1 aromatic rings. The molecule has 0 spiro atoms. The highest BCUT2D eigenvalue weighted by Crippen LogP contribution is 2.25. The predicted molar refractivity (Wildman–Crippen MR) is 75.3 cm³/mol. The Morgan fingerprint density at radius 1 is 1.41 bits per heavy atom. The number of nitrogens with one attached hydrogen (secondary N) is 1. The van der Waals surface area contributed by atoms with Gasteiger partial charge in [0.25, 0.3) is 0 Å². The van der Waals surface area contributed by atoms with E-state index in [2.05, 4.69) is 36.6 Å². The summed E-state index contributed by atoms with van der Waals surface area (Å²) in [5.41, 5.74) is 5.56. The van der Waals surface area contributed by atoms with Crippen molar-refractivity contribution in [2.24, 2.45) is 5.73 Å². The van der Waals surface area contributed by atoms with Crippen molar-refractivity contribution in [3.05, 3.63) is 27.1 Å². The van der Waals surface area contributed by atoms with Crippen molar-refractivity contribution in [3.8, 4) is 0 Å². The smallest absolute Gasteiger partial charge is 0.241 e. The van der Waals surface area contributed by atoms with E-state index in [1.165, 1.54) is 0 Å². The number of sulfonamides is 1. The Kier molecular flexibility index (Phi) is 5.59. The van der Waals surface area contributed by atoms with E-state index in [1.807, 2.05) is 6.92 Å². The maximum Gasteiger partial charge on any atom is 0.241 e. The first-order valence-electron chi connectivity index (χ1n) is 5.03. The maximum atomic E-state index is 12.0. The highest BCUT2D eigenvalue weighted by molar-refractivity contribution is 9.11. The first kappa shape index (κ1) is 15.1. The first-order chi connectivity index (χ1) is 7.83. The molecule has 1 atom stereocenters. The first-order valence-corrected chi connectivity index (χ1v) is 8.10. The lowest BCUT2D eigenvalue weighted by Crippen LogP contribution is -2.29. The third-order valence-electron chi connectivity index (χ3n) is 2.07. The summed E-state index contributed by atoms with van der Waals surface area (Å²) < 4.78 is 27.7. The average Bonchev–Trinajstić information content (AvgIpc) is 2.20. The molecular formula is C10H14Br2N2O2S. The Morgan fingerprint density at radius 2 is 2.06 bits per heavy atom. The van der Waals surface area contributed by atoms with Crippen molar-refractivity contribution in [2.75, 3.05) is 6.54 Å². The van der Waals surface area contributed by atoms with Crippen molar-refractivity contribution in [3.63, 3.8) is 0 Å². The molecular weight excluding hydrogens is 372 g/mol. The molecule has 1 unspecified atom stereocenters. The van der Waals surface area contributed by atoms with Crippen LogP contribution in [0.25, 0.3) is 0 Å². The lowest BCUT2D eigenvalue weighted by molar-refractivity contribution is 0.571. The number of rotatable bonds is 5. The molecule has 96 valence electrons. The summed E-state index contributed by atoms with van der Waals surface area (Å²) in [6.07, 6.45) is 0.602. The van der Waals surface area contributed by atoms with E-state index >= 15 is 0 Å². The summed E-state index contributed by atoms with van der Waals surface area (Å²) >= 11 is 6.47. The molecule has 0 aliphatic carbocycles. The minimum atomic E-state index is -3.49. The molecule has 1 aromatic carbocycles. The Morgan fingerprint density at radius 3 is 2.65 bits per heavy atom. The van der Waals surface area contributed by atoms with Gasteiger partial charge in [-0.15, -0.1) is 0 Å². The van der Waals surface area contributed by atoms with Crippen LogP contribution in [0.1, 0.15) is 13.3 Å². The van der Waals surface area contributed by atoms with Crippen molar-refractivity contribution < 1.29 is 8.42 Å². The molecule has 0 aliphatic heterocycles. The van der Waals surface area contributed by atoms with Crippen LogP contribution in [-0.4, -0.2) is 21.0 Å². The van der Waals surface area contributed by atoms with Crippen LogP contribution < -0.4 is 10.5 Å². The fourth-order valence-corrected chi connectivity index (χ4v) is 3.73. The average molecular weight is 386 g/mol. The molecule has 0 radical (unpaired) electrons. The van der Waals surface area contributed by atoms with E-state index in [0.29, 0.717) is 21.9 Å². The molecule has 0 aliphatic rings. The molecule has 0 saturated heterocycles. The van der Waals surface area contributed by atoms with Crippen LogP contribution in [0.3, 0.4) is 0 Å². The van der Waals surface area contributed by atoms with E-state index in [9.17, 15) is 8.42 Å². The number of hydrogen-bond donors (Lipinski definition) is 2. The molecule has 0 amide bonds. The standard InChI is InChI=1S/C10H14Br2N2O2S/c1-7(13)4-5-14-17(15,16)10-6-8(11)2-3-9(10)12/h2-3,6-7,14H,4-5,13H2,1H3. The van der Waals surface area contributed by atoms with Crippen LogP contribution in [-0.2, 0) is 10.0 Å². The Labute approximate surface area is 118 Å². The topological polar surface area (TPSA) is 72.2 Å². The Hall–Kier alpha value is 0.0500. The minimum Gasteiger partial charge on any atom is -0.328 e. The minimum absolute atomic E-state index is 0.0244. The molecule has 4 nitrogen and oxygen atoms in total. The fraction of sp³-hybridized carbons (Fsp3) is 0.400. The van der Waals surface area contributed by atoms with Gasteiger partial charge < -0.3 is 5.73 Å². The summed E-state index contributed by atoms with van der Waals surface area (Å²) in [5.74, 6) is 0. The van der Waals surface area contributed by atoms with Gasteiger partial charge in [-0.25, -0.2) is 13.1 Å². The largest absolute Gasteiger partial charge is 0.328 e. The van der Waals surface area contributed by atoms with Gasteiger partial charge in [0, 0.05) is 21.5 Å². The van der Waals surface area contributed by atoms with Gasteiger partial charge in [-0.3, -0.25) is 0 Å². The Balaban J connectivity index is 2.86. The van der Waals surface area contributed by atoms with Crippen molar-refractivity contribution in [1.82, 2.24) is 4.72 Å². The third kappa shape index (κ3) is 4.67. The lowest BCUT2D eigenvalue weighted by Gasteiger charge is -2.10. The number of benzene rings is 1. The van der Waals surface area contributed by atoms with Crippen molar-refractivity contribution in [2.45, 2.75) is 24.3 Å². The highest BCUT2D eigenvalue weighted by atomic mass is 79.9. The maximum absolute atomic E-state index is 12.0. The zero-order chi connectivity index (χ0) is 13.1. The van der Waals surface area contributed by atoms with Gasteiger partial charge in [-0.05, 0) is 47.5 Å². The van der Waals surface area contributed by atoms with Crippen molar-refractivity contribution in [1.29, 1.82) is 0 Å². The second kappa shape index (κ2) is 6.29. The molecule has 0 saturated carbocycles. The number of nitrogens with two attached hydrogens (primary N) is 1. The molecule has 17 heavy (non-hydrogen) atoms. The van der Waals surface area contributed by atoms with Crippen LogP contribution in [0.2, 0.25) is 0 Å². The SMILES string of the molecule is CC(N)CCNS(=O)(=O)c1cc(Br)ccc1Br. The summed E-state index contributed by atoms with van der Waals surface area (Å²) in [5, 5.41) is 0. The third-order valence-corrected chi connectivity index (χ3v) is 5.02. The van der Waals surface area contributed by atoms with E-state index in [0.717, 1.165) is 0 Å². The van der Waals surface area contributed by atoms with Crippen LogP contribution >= 0.6 is 31.9 Å². The van der Waals surface area contributed by atoms with E-state index in [1.54, 1.807) is 18.2 Å². The molecule has 3 N–H and O–H groups in total. The molecule has 0 fully saturated rings. The summed E-state index contributed by atoms with van der Waals surface area (Å²) in [7, 11) is -3.49. The second-order valence-electron chi connectivity index (χ2n) is 3.74. The summed E-state index contributed by atoms with van der Waals surface area (Å²) in [6.45, 7) is 2.17. The number of halogens is 2. The van der Waals surface area contributed by atoms with Gasteiger partial charge >= 0.3 is 0 Å². The quantitative estimate of drug-likeness (QED) is 0.816. The van der Waals surface area contributed by atoms with E-state index in [-0.39, 0.29) is 10.9 Å². The molecule has 0 heterocycles. The van der Waals surface area contributed by atoms with Crippen LogP contribution in [0.5, 0.6) is 0 Å². The van der Waals surface area contributed by atoms with E-state index in [4.69, 9.17) is 5.73 Å². The van der Waals surface area contributed by atoms with Crippen LogP contribution in [0, 0.1) is 0 Å². The monoisotopic (exact) mass is 384 g/mol. The molecule has 0 aromatic heterocycles. The summed E-state index contributed by atoms with van der Waals surface area (Å²) in [6, 6.07) is 4.98. The predicted octanol–water partition coefficient (Wildman–Crippen LogP) is 2.23. The number of hydrogen-bond acceptors (Lipinski definition) is 3. The van der Waals surface area contributed by atoms with Gasteiger partial charge in [0.15, 0.2) is 0 Å². The second-order valence-corrected chi connectivity index (χ2v) is 7.24. The lowest BCUT2D eigenvalue weighted by atomic mass is 10.3. The zero-order valence-electron chi connectivity index (χ0n) is 9.28. The molecule has 0 bridgehead atoms. The van der Waals surface area contributed by atoms with Crippen LogP contribution in [0.4, 0.5) is 0 Å². The molecule has 1 rings (SSSR count). The highest BCUT2D eigenvalue weighted by Gasteiger charge is 2.17. The Bertz CT molecular complexity index is 489. The van der Waals surface area contributed by atoms with Crippen molar-refractivity contribution >= 4 is 41.9 Å². The van der Waals surface area contributed by atoms with Gasteiger partial charge in [-0.1, -0.05) is 15.9 Å². The van der Waals surface area contributed by atoms with Gasteiger partial charge in [0.2, 0.25) is 10.0 Å². The normalized spacial score (nSPS) is 13.6. The summed E-state index contributed by atoms with van der Waals surface area (Å²) in [4.78, 5) is 0.219. The zero-order valence-corrected chi connectivity index (χ0v) is 13.3. The molecule has 7 heteroatoms. The van der Waals surface area contributed by atoms with Gasteiger partial charge in [-0.2, -0.15) is 0 Å². The van der Waals surface area contributed by atoms with Gasteiger partial charge in [0.05, 0.1) is 4.90 Å². The van der Waals surface area contributed by atoms with Gasteiger partial charge in [0.1, 0.15) is 0 Å². The fourth-order valence-electron chi connectivity index (χ4n) is 1.18. The van der Waals surface area contributed by atoms with E-state index < -0.39 is 10.0 Å². The van der Waals surface area contributed by atoms with Crippen LogP contribution in [0.15, 0.2) is 32.0 Å².